The van der Waals surface area contributed by atoms with Crippen LogP contribution in [0.5, 0.6) is 0 Å². The molecule has 3 nitrogen and oxygen atoms in total. The Hall–Kier alpha value is -2.20. The number of halogens is 1. The van der Waals surface area contributed by atoms with E-state index in [9.17, 15) is 9.18 Å². The summed E-state index contributed by atoms with van der Waals surface area (Å²) in [5.74, 6) is -0.460. The summed E-state index contributed by atoms with van der Waals surface area (Å²) in [6.07, 6.45) is 4.86. The van der Waals surface area contributed by atoms with Crippen LogP contribution >= 0.6 is 0 Å². The zero-order valence-corrected chi connectivity index (χ0v) is 15.7. The van der Waals surface area contributed by atoms with Crippen molar-refractivity contribution >= 4 is 11.6 Å². The standard InChI is InChI=1S/C23H25FN2O/c1-16-5-8-21-20(13-16)23(9-11-25(12-10-23)19-6-7-19)15-26(21)22(27)17-3-2-4-18(24)14-17/h2-5,8,13-14,19H,6-7,9-12,15H2,1H3. The number of aryl methyl sites for hydroxylation is 1. The SMILES string of the molecule is Cc1ccc2c(c1)C1(CCN(C3CC3)CC1)CN2C(=O)c1cccc(F)c1. The van der Waals surface area contributed by atoms with Crippen molar-refractivity contribution in [3.63, 3.8) is 0 Å². The van der Waals surface area contributed by atoms with Crippen LogP contribution in [0.15, 0.2) is 42.5 Å². The average molecular weight is 364 g/mol. The molecule has 2 aromatic rings. The van der Waals surface area contributed by atoms with Gasteiger partial charge in [-0.3, -0.25) is 4.79 Å². The van der Waals surface area contributed by atoms with Gasteiger partial charge in [-0.05, 0) is 75.5 Å². The van der Waals surface area contributed by atoms with Gasteiger partial charge in [-0.25, -0.2) is 4.39 Å². The second kappa shape index (κ2) is 6.16. The van der Waals surface area contributed by atoms with Gasteiger partial charge in [-0.1, -0.05) is 23.8 Å². The molecule has 0 aromatic heterocycles. The molecule has 1 amide bonds. The molecule has 1 saturated carbocycles. The molecule has 3 aliphatic rings. The average Bonchev–Trinajstić information content (AvgIpc) is 3.47. The number of nitrogens with zero attached hydrogens (tertiary/aromatic N) is 2. The number of carbonyl (C=O) groups is 1. The number of carbonyl (C=O) groups excluding carboxylic acids is 1. The van der Waals surface area contributed by atoms with Gasteiger partial charge in [0, 0.05) is 29.3 Å². The maximum atomic E-state index is 13.7. The molecule has 1 spiro atoms. The van der Waals surface area contributed by atoms with E-state index in [0.717, 1.165) is 37.7 Å². The van der Waals surface area contributed by atoms with E-state index < -0.39 is 0 Å². The highest BCUT2D eigenvalue weighted by molar-refractivity contribution is 6.07. The van der Waals surface area contributed by atoms with E-state index >= 15 is 0 Å². The van der Waals surface area contributed by atoms with E-state index in [2.05, 4.69) is 30.0 Å². The third-order valence-corrected chi connectivity index (χ3v) is 6.61. The van der Waals surface area contributed by atoms with Crippen molar-refractivity contribution < 1.29 is 9.18 Å². The Kier molecular flexibility index (Phi) is 3.87. The second-order valence-electron chi connectivity index (χ2n) is 8.47. The van der Waals surface area contributed by atoms with Crippen LogP contribution in [0.4, 0.5) is 10.1 Å². The molecule has 5 rings (SSSR count). The smallest absolute Gasteiger partial charge is 0.258 e. The number of anilines is 1. The van der Waals surface area contributed by atoms with E-state index in [1.807, 2.05) is 4.90 Å². The third kappa shape index (κ3) is 2.87. The highest BCUT2D eigenvalue weighted by Crippen LogP contribution is 2.48. The maximum absolute atomic E-state index is 13.7. The fraction of sp³-hybridized carbons (Fsp3) is 0.435. The van der Waals surface area contributed by atoms with Gasteiger partial charge < -0.3 is 9.80 Å². The molecule has 27 heavy (non-hydrogen) atoms. The van der Waals surface area contributed by atoms with Crippen molar-refractivity contribution in [1.29, 1.82) is 0 Å². The van der Waals surface area contributed by atoms with Crippen molar-refractivity contribution in [2.24, 2.45) is 0 Å². The van der Waals surface area contributed by atoms with Gasteiger partial charge in [0.05, 0.1) is 0 Å². The van der Waals surface area contributed by atoms with Gasteiger partial charge in [-0.15, -0.1) is 0 Å². The first-order chi connectivity index (χ1) is 13.1. The zero-order valence-electron chi connectivity index (χ0n) is 15.7. The molecule has 0 atom stereocenters. The second-order valence-corrected chi connectivity index (χ2v) is 8.47. The fourth-order valence-electron chi connectivity index (χ4n) is 4.93. The molecule has 2 aliphatic heterocycles. The van der Waals surface area contributed by atoms with Gasteiger partial charge in [0.2, 0.25) is 0 Å². The molecule has 140 valence electrons. The lowest BCUT2D eigenvalue weighted by Crippen LogP contribution is -2.46. The van der Waals surface area contributed by atoms with Crippen LogP contribution < -0.4 is 4.90 Å². The Morgan fingerprint density at radius 2 is 1.89 bits per heavy atom. The Morgan fingerprint density at radius 3 is 2.59 bits per heavy atom. The van der Waals surface area contributed by atoms with Crippen LogP contribution in [0, 0.1) is 12.7 Å². The monoisotopic (exact) mass is 364 g/mol. The number of fused-ring (bicyclic) bond motifs is 2. The summed E-state index contributed by atoms with van der Waals surface area (Å²) in [7, 11) is 0. The van der Waals surface area contributed by atoms with Crippen LogP contribution in [-0.2, 0) is 5.41 Å². The molecule has 0 radical (unpaired) electrons. The highest BCUT2D eigenvalue weighted by Gasteiger charge is 2.47. The van der Waals surface area contributed by atoms with E-state index in [-0.39, 0.29) is 17.1 Å². The van der Waals surface area contributed by atoms with Gasteiger partial charge in [0.25, 0.3) is 5.91 Å². The Morgan fingerprint density at radius 1 is 1.11 bits per heavy atom. The molecule has 1 aliphatic carbocycles. The summed E-state index contributed by atoms with van der Waals surface area (Å²) >= 11 is 0. The number of piperidine rings is 1. The van der Waals surface area contributed by atoms with Crippen molar-refractivity contribution in [2.75, 3.05) is 24.5 Å². The topological polar surface area (TPSA) is 23.6 Å². The lowest BCUT2D eigenvalue weighted by atomic mass is 9.74. The molecule has 1 saturated heterocycles. The normalized spacial score (nSPS) is 21.5. The van der Waals surface area contributed by atoms with Gasteiger partial charge in [-0.2, -0.15) is 0 Å². The summed E-state index contributed by atoms with van der Waals surface area (Å²) in [5.41, 5.74) is 4.01. The summed E-state index contributed by atoms with van der Waals surface area (Å²) < 4.78 is 13.7. The highest BCUT2D eigenvalue weighted by atomic mass is 19.1. The van der Waals surface area contributed by atoms with E-state index in [4.69, 9.17) is 0 Å². The predicted molar refractivity (Wildman–Crippen MR) is 105 cm³/mol. The minimum atomic E-state index is -0.364. The summed E-state index contributed by atoms with van der Waals surface area (Å²) in [5, 5.41) is 0. The molecular weight excluding hydrogens is 339 g/mol. The molecule has 0 bridgehead atoms. The Bertz CT molecular complexity index is 897. The molecule has 2 aromatic carbocycles. The minimum Gasteiger partial charge on any atom is -0.307 e. The molecule has 2 fully saturated rings. The summed E-state index contributed by atoms with van der Waals surface area (Å²) in [6, 6.07) is 13.3. The van der Waals surface area contributed by atoms with Crippen LogP contribution in [0.25, 0.3) is 0 Å². The van der Waals surface area contributed by atoms with Crippen molar-refractivity contribution in [3.8, 4) is 0 Å². The van der Waals surface area contributed by atoms with Crippen LogP contribution in [0.1, 0.15) is 47.2 Å². The van der Waals surface area contributed by atoms with Crippen molar-refractivity contribution in [3.05, 3.63) is 65.0 Å². The summed E-state index contributed by atoms with van der Waals surface area (Å²) in [6.45, 7) is 5.05. The van der Waals surface area contributed by atoms with Crippen LogP contribution in [0.3, 0.4) is 0 Å². The number of amides is 1. The predicted octanol–water partition coefficient (Wildman–Crippen LogP) is 4.29. The van der Waals surface area contributed by atoms with Gasteiger partial charge >= 0.3 is 0 Å². The van der Waals surface area contributed by atoms with E-state index in [1.54, 1.807) is 12.1 Å². The lowest BCUT2D eigenvalue weighted by molar-refractivity contribution is 0.0975. The number of rotatable bonds is 2. The van der Waals surface area contributed by atoms with Crippen molar-refractivity contribution in [2.45, 2.75) is 44.1 Å². The number of hydrogen-bond donors (Lipinski definition) is 0. The molecule has 2 heterocycles. The molecular formula is C23H25FN2O. The first-order valence-electron chi connectivity index (χ1n) is 9.98. The number of likely N-dealkylation sites (tertiary alicyclic amines) is 1. The van der Waals surface area contributed by atoms with Gasteiger partial charge in [0.1, 0.15) is 5.82 Å². The lowest BCUT2D eigenvalue weighted by Gasteiger charge is -2.40. The van der Waals surface area contributed by atoms with Crippen LogP contribution in [0.2, 0.25) is 0 Å². The Balaban J connectivity index is 1.49. The van der Waals surface area contributed by atoms with Crippen molar-refractivity contribution in [1.82, 2.24) is 4.90 Å². The van der Waals surface area contributed by atoms with E-state index in [1.165, 1.54) is 36.1 Å². The van der Waals surface area contributed by atoms with Gasteiger partial charge in [0.15, 0.2) is 0 Å². The Labute approximate surface area is 159 Å². The molecule has 0 N–H and O–H groups in total. The quantitative estimate of drug-likeness (QED) is 0.794. The summed E-state index contributed by atoms with van der Waals surface area (Å²) in [4.78, 5) is 17.7. The molecule has 0 unspecified atom stereocenters. The third-order valence-electron chi connectivity index (χ3n) is 6.61. The largest absolute Gasteiger partial charge is 0.307 e. The molecule has 4 heteroatoms. The number of hydrogen-bond acceptors (Lipinski definition) is 2. The zero-order chi connectivity index (χ0) is 18.6. The van der Waals surface area contributed by atoms with E-state index in [0.29, 0.717) is 12.1 Å². The van der Waals surface area contributed by atoms with Crippen LogP contribution in [-0.4, -0.2) is 36.5 Å². The first kappa shape index (κ1) is 16.9. The number of benzene rings is 2. The minimum absolute atomic E-state index is 0.0374. The first-order valence-corrected chi connectivity index (χ1v) is 9.98. The maximum Gasteiger partial charge on any atom is 0.258 e. The fourth-order valence-corrected chi connectivity index (χ4v) is 4.93.